The number of carbonyl (C=O) groups is 1. The Hall–Kier alpha value is -2.81. The Morgan fingerprint density at radius 2 is 1.90 bits per heavy atom. The van der Waals surface area contributed by atoms with Crippen molar-refractivity contribution in [2.24, 2.45) is 0 Å². The molecule has 162 valence electrons. The summed E-state index contributed by atoms with van der Waals surface area (Å²) in [5.41, 5.74) is 1.38. The van der Waals surface area contributed by atoms with E-state index in [-0.39, 0.29) is 17.8 Å². The zero-order valence-corrected chi connectivity index (χ0v) is 17.8. The molecule has 1 aliphatic heterocycles. The lowest BCUT2D eigenvalue weighted by Crippen LogP contribution is -2.49. The molecule has 4 rings (SSSR count). The summed E-state index contributed by atoms with van der Waals surface area (Å²) in [7, 11) is 0. The number of benzene rings is 2. The molecule has 3 aromatic rings. The minimum absolute atomic E-state index is 0.0318. The molecule has 1 amide bonds. The van der Waals surface area contributed by atoms with Crippen LogP contribution in [0.25, 0.3) is 11.5 Å². The second kappa shape index (κ2) is 9.55. The fraction of sp³-hybridized carbons (Fsp3) is 0.318. The first-order chi connectivity index (χ1) is 15.0. The van der Waals surface area contributed by atoms with Gasteiger partial charge in [-0.15, -0.1) is 10.2 Å². The van der Waals surface area contributed by atoms with Crippen LogP contribution >= 0.6 is 11.6 Å². The van der Waals surface area contributed by atoms with Crippen molar-refractivity contribution in [3.8, 4) is 11.5 Å². The number of halogens is 2. The van der Waals surface area contributed by atoms with Gasteiger partial charge in [0.05, 0.1) is 12.6 Å². The smallest absolute Gasteiger partial charge is 0.247 e. The van der Waals surface area contributed by atoms with Crippen LogP contribution in [0.5, 0.6) is 0 Å². The summed E-state index contributed by atoms with van der Waals surface area (Å²) in [4.78, 5) is 16.6. The summed E-state index contributed by atoms with van der Waals surface area (Å²) >= 11 is 6.04. The van der Waals surface area contributed by atoms with Gasteiger partial charge in [0.2, 0.25) is 17.7 Å². The van der Waals surface area contributed by atoms with Crippen molar-refractivity contribution in [3.05, 3.63) is 65.3 Å². The van der Waals surface area contributed by atoms with Crippen molar-refractivity contribution in [2.75, 3.05) is 38.0 Å². The number of hydrogen-bond acceptors (Lipinski definition) is 6. The summed E-state index contributed by atoms with van der Waals surface area (Å²) in [6.07, 6.45) is 0. The molecular formula is C22H23ClFN5O2. The summed E-state index contributed by atoms with van der Waals surface area (Å²) in [6.45, 7) is 5.37. The van der Waals surface area contributed by atoms with Gasteiger partial charge in [0.15, 0.2) is 0 Å². The Morgan fingerprint density at radius 1 is 1.16 bits per heavy atom. The molecule has 1 saturated heterocycles. The lowest BCUT2D eigenvalue weighted by Gasteiger charge is -2.36. The molecular weight excluding hydrogens is 421 g/mol. The minimum Gasteiger partial charge on any atom is -0.419 e. The van der Waals surface area contributed by atoms with Gasteiger partial charge < -0.3 is 9.73 Å². The number of piperazine rings is 1. The highest BCUT2D eigenvalue weighted by Gasteiger charge is 2.26. The largest absolute Gasteiger partial charge is 0.419 e. The maximum absolute atomic E-state index is 13.0. The fourth-order valence-electron chi connectivity index (χ4n) is 3.54. The molecule has 0 spiro atoms. The van der Waals surface area contributed by atoms with Gasteiger partial charge in [0.25, 0.3) is 0 Å². The summed E-state index contributed by atoms with van der Waals surface area (Å²) in [6, 6.07) is 13.0. The molecule has 1 aliphatic rings. The van der Waals surface area contributed by atoms with Crippen LogP contribution in [0.15, 0.2) is 52.9 Å². The molecule has 0 saturated carbocycles. The van der Waals surface area contributed by atoms with E-state index in [0.29, 0.717) is 29.0 Å². The van der Waals surface area contributed by atoms with E-state index in [1.54, 1.807) is 24.3 Å². The number of carbonyl (C=O) groups excluding carboxylic acids is 1. The van der Waals surface area contributed by atoms with Gasteiger partial charge in [-0.2, -0.15) is 0 Å². The number of hydrogen-bond donors (Lipinski definition) is 1. The van der Waals surface area contributed by atoms with E-state index in [0.717, 1.165) is 31.7 Å². The third kappa shape index (κ3) is 5.46. The van der Waals surface area contributed by atoms with Crippen LogP contribution in [0.4, 0.5) is 10.1 Å². The molecule has 0 bridgehead atoms. The SMILES string of the molecule is CC(c1nnc(-c2cccc(Cl)c2)o1)N1CCN(CC(=O)Nc2ccc(F)cc2)CC1. The minimum atomic E-state index is -0.329. The highest BCUT2D eigenvalue weighted by atomic mass is 35.5. The predicted octanol–water partition coefficient (Wildman–Crippen LogP) is 3.85. The van der Waals surface area contributed by atoms with Crippen LogP contribution < -0.4 is 5.32 Å². The van der Waals surface area contributed by atoms with E-state index in [1.165, 1.54) is 12.1 Å². The molecule has 1 fully saturated rings. The molecule has 1 atom stereocenters. The standard InChI is InChI=1S/C22H23ClFN5O2/c1-15(21-26-27-22(31-21)16-3-2-4-17(23)13-16)29-11-9-28(10-12-29)14-20(30)25-19-7-5-18(24)6-8-19/h2-8,13,15H,9-12,14H2,1H3,(H,25,30). The van der Waals surface area contributed by atoms with E-state index >= 15 is 0 Å². The van der Waals surface area contributed by atoms with Crippen LogP contribution in [0.1, 0.15) is 18.9 Å². The Morgan fingerprint density at radius 3 is 2.61 bits per heavy atom. The number of nitrogens with zero attached hydrogens (tertiary/aromatic N) is 4. The van der Waals surface area contributed by atoms with Gasteiger partial charge in [-0.05, 0) is 49.4 Å². The summed E-state index contributed by atoms with van der Waals surface area (Å²) in [5, 5.41) is 11.8. The van der Waals surface area contributed by atoms with Gasteiger partial charge in [0.1, 0.15) is 5.82 Å². The van der Waals surface area contributed by atoms with Crippen LogP contribution in [0.3, 0.4) is 0 Å². The average Bonchev–Trinajstić information content (AvgIpc) is 3.26. The molecule has 9 heteroatoms. The Kier molecular flexibility index (Phi) is 6.60. The summed E-state index contributed by atoms with van der Waals surface area (Å²) in [5.74, 6) is 0.554. The van der Waals surface area contributed by atoms with Crippen LogP contribution in [0, 0.1) is 5.82 Å². The van der Waals surface area contributed by atoms with Crippen molar-refractivity contribution in [2.45, 2.75) is 13.0 Å². The number of aromatic nitrogens is 2. The van der Waals surface area contributed by atoms with Gasteiger partial charge >= 0.3 is 0 Å². The molecule has 1 unspecified atom stereocenters. The number of rotatable bonds is 6. The van der Waals surface area contributed by atoms with E-state index in [1.807, 2.05) is 19.1 Å². The van der Waals surface area contributed by atoms with Gasteiger partial charge in [-0.1, -0.05) is 17.7 Å². The second-order valence-corrected chi connectivity index (χ2v) is 7.94. The molecule has 0 radical (unpaired) electrons. The van der Waals surface area contributed by atoms with E-state index < -0.39 is 0 Å². The maximum atomic E-state index is 13.0. The number of nitrogens with one attached hydrogen (secondary N) is 1. The predicted molar refractivity (Wildman–Crippen MR) is 116 cm³/mol. The van der Waals surface area contributed by atoms with Crippen molar-refractivity contribution >= 4 is 23.2 Å². The monoisotopic (exact) mass is 443 g/mol. The summed E-state index contributed by atoms with van der Waals surface area (Å²) < 4.78 is 18.9. The zero-order valence-electron chi connectivity index (χ0n) is 17.1. The Labute approximate surface area is 184 Å². The molecule has 1 aromatic heterocycles. The topological polar surface area (TPSA) is 74.5 Å². The Balaban J connectivity index is 1.28. The second-order valence-electron chi connectivity index (χ2n) is 7.50. The normalized spacial score (nSPS) is 16.2. The first-order valence-electron chi connectivity index (χ1n) is 10.1. The van der Waals surface area contributed by atoms with E-state index in [4.69, 9.17) is 16.0 Å². The van der Waals surface area contributed by atoms with Crippen molar-refractivity contribution in [3.63, 3.8) is 0 Å². The number of anilines is 1. The molecule has 0 aliphatic carbocycles. The lowest BCUT2D eigenvalue weighted by molar-refractivity contribution is -0.117. The van der Waals surface area contributed by atoms with Gasteiger partial charge in [0, 0.05) is 42.5 Å². The maximum Gasteiger partial charge on any atom is 0.247 e. The van der Waals surface area contributed by atoms with E-state index in [2.05, 4.69) is 25.3 Å². The highest BCUT2D eigenvalue weighted by molar-refractivity contribution is 6.30. The molecule has 2 heterocycles. The first kappa shape index (κ1) is 21.4. The molecule has 2 aromatic carbocycles. The van der Waals surface area contributed by atoms with Crippen molar-refractivity contribution in [1.29, 1.82) is 0 Å². The molecule has 31 heavy (non-hydrogen) atoms. The Bertz CT molecular complexity index is 1030. The van der Waals surface area contributed by atoms with Crippen LogP contribution in [-0.4, -0.2) is 58.6 Å². The average molecular weight is 444 g/mol. The lowest BCUT2D eigenvalue weighted by atomic mass is 10.2. The zero-order chi connectivity index (χ0) is 21.8. The van der Waals surface area contributed by atoms with Crippen molar-refractivity contribution in [1.82, 2.24) is 20.0 Å². The molecule has 7 nitrogen and oxygen atoms in total. The van der Waals surface area contributed by atoms with Gasteiger partial charge in [-0.3, -0.25) is 14.6 Å². The quantitative estimate of drug-likeness (QED) is 0.623. The van der Waals surface area contributed by atoms with E-state index in [9.17, 15) is 9.18 Å². The van der Waals surface area contributed by atoms with Crippen LogP contribution in [-0.2, 0) is 4.79 Å². The highest BCUT2D eigenvalue weighted by Crippen LogP contribution is 2.26. The fourth-order valence-corrected chi connectivity index (χ4v) is 3.73. The third-order valence-electron chi connectivity index (χ3n) is 5.32. The number of amides is 1. The van der Waals surface area contributed by atoms with Gasteiger partial charge in [-0.25, -0.2) is 4.39 Å². The van der Waals surface area contributed by atoms with Crippen molar-refractivity contribution < 1.29 is 13.6 Å². The molecule has 1 N–H and O–H groups in total. The third-order valence-corrected chi connectivity index (χ3v) is 5.55. The van der Waals surface area contributed by atoms with Crippen LogP contribution in [0.2, 0.25) is 5.02 Å². The first-order valence-corrected chi connectivity index (χ1v) is 10.5.